The Hall–Kier alpha value is -1.28. The molecule has 5 heteroatoms. The van der Waals surface area contributed by atoms with Gasteiger partial charge in [0, 0.05) is 0 Å². The van der Waals surface area contributed by atoms with Crippen LogP contribution in [0.5, 0.6) is 0 Å². The highest BCUT2D eigenvalue weighted by Gasteiger charge is 1.65. The third-order valence-electron chi connectivity index (χ3n) is 0.118. The standard InChI is InChI=1S/C3H5N.HNO3/c1-2-3-4;2-1(3)4/h1H,3-4H2;(H,2,3,4). The van der Waals surface area contributed by atoms with Gasteiger partial charge >= 0.3 is 0 Å². The van der Waals surface area contributed by atoms with E-state index in [4.69, 9.17) is 21.1 Å². The Kier molecular flexibility index (Phi) is 11.4. The Labute approximate surface area is 46.2 Å². The first-order chi connectivity index (χ1) is 3.65. The van der Waals surface area contributed by atoms with Gasteiger partial charge in [-0.1, -0.05) is 5.92 Å². The smallest absolute Gasteiger partial charge is 0.291 e. The van der Waals surface area contributed by atoms with Crippen LogP contribution in [0.25, 0.3) is 0 Å². The van der Waals surface area contributed by atoms with Gasteiger partial charge in [0.05, 0.1) is 6.54 Å². The fourth-order valence-corrected chi connectivity index (χ4v) is 0. The molecule has 0 aliphatic heterocycles. The number of terminal acetylenes is 1. The maximum Gasteiger partial charge on any atom is 0.291 e. The Bertz CT molecular complexity index is 91.2. The summed E-state index contributed by atoms with van der Waals surface area (Å²) in [7, 11) is 0. The molecule has 0 saturated carbocycles. The second-order valence-electron chi connectivity index (χ2n) is 0.646. The van der Waals surface area contributed by atoms with Gasteiger partial charge in [0.15, 0.2) is 0 Å². The van der Waals surface area contributed by atoms with Crippen molar-refractivity contribution >= 4 is 0 Å². The van der Waals surface area contributed by atoms with E-state index >= 15 is 0 Å². The summed E-state index contributed by atoms with van der Waals surface area (Å²) in [5.41, 5.74) is 4.79. The van der Waals surface area contributed by atoms with Crippen molar-refractivity contribution in [2.24, 2.45) is 5.73 Å². The third-order valence-corrected chi connectivity index (χ3v) is 0.118. The van der Waals surface area contributed by atoms with Gasteiger partial charge in [-0.05, 0) is 0 Å². The zero-order valence-corrected chi connectivity index (χ0v) is 4.07. The molecule has 0 spiro atoms. The predicted octanol–water partition coefficient (Wildman–Crippen LogP) is -0.769. The zero-order valence-electron chi connectivity index (χ0n) is 4.07. The SMILES string of the molecule is C#CCN.O=[N+]([O-])O. The van der Waals surface area contributed by atoms with E-state index in [1.807, 2.05) is 0 Å². The molecule has 0 unspecified atom stereocenters. The van der Waals surface area contributed by atoms with Crippen molar-refractivity contribution in [2.45, 2.75) is 0 Å². The lowest BCUT2D eigenvalue weighted by Gasteiger charge is -1.56. The monoisotopic (exact) mass is 118 g/mol. The van der Waals surface area contributed by atoms with E-state index in [1.165, 1.54) is 0 Å². The van der Waals surface area contributed by atoms with E-state index < -0.39 is 5.09 Å². The summed E-state index contributed by atoms with van der Waals surface area (Å²) in [5.74, 6) is 2.21. The van der Waals surface area contributed by atoms with Crippen LogP contribution in [0.1, 0.15) is 0 Å². The summed E-state index contributed by atoms with van der Waals surface area (Å²) >= 11 is 0. The molecular weight excluding hydrogens is 112 g/mol. The molecule has 0 heterocycles. The molecule has 0 bridgehead atoms. The van der Waals surface area contributed by atoms with Gasteiger partial charge in [-0.25, -0.2) is 0 Å². The van der Waals surface area contributed by atoms with Crippen molar-refractivity contribution in [1.82, 2.24) is 0 Å². The van der Waals surface area contributed by atoms with Gasteiger partial charge in [-0.2, -0.15) is 0 Å². The van der Waals surface area contributed by atoms with Gasteiger partial charge in [0.1, 0.15) is 0 Å². The van der Waals surface area contributed by atoms with Gasteiger partial charge in [-0.3, -0.25) is 0 Å². The topological polar surface area (TPSA) is 89.4 Å². The van der Waals surface area contributed by atoms with Crippen LogP contribution >= 0.6 is 0 Å². The number of nitrogens with zero attached hydrogens (tertiary/aromatic N) is 1. The summed E-state index contributed by atoms with van der Waals surface area (Å²) < 4.78 is 0. The molecule has 0 radical (unpaired) electrons. The maximum absolute atomic E-state index is 8.36. The van der Waals surface area contributed by atoms with E-state index in [0.717, 1.165) is 0 Å². The molecule has 0 aromatic carbocycles. The predicted molar refractivity (Wildman–Crippen MR) is 26.7 cm³/mol. The minimum Gasteiger partial charge on any atom is -0.328 e. The van der Waals surface area contributed by atoms with Crippen molar-refractivity contribution in [2.75, 3.05) is 6.54 Å². The number of rotatable bonds is 0. The lowest BCUT2D eigenvalue weighted by molar-refractivity contribution is -0.742. The molecule has 5 nitrogen and oxygen atoms in total. The van der Waals surface area contributed by atoms with Crippen LogP contribution in [0.4, 0.5) is 0 Å². The molecule has 0 aliphatic rings. The molecule has 8 heavy (non-hydrogen) atoms. The molecule has 0 rings (SSSR count). The normalized spacial score (nSPS) is 5.50. The van der Waals surface area contributed by atoms with Crippen LogP contribution in [-0.4, -0.2) is 16.8 Å². The fraction of sp³-hybridized carbons (Fsp3) is 0.333. The van der Waals surface area contributed by atoms with E-state index in [0.29, 0.717) is 6.54 Å². The average Bonchev–Trinajstić information content (AvgIpc) is 1.65. The zero-order chi connectivity index (χ0) is 6.99. The molecule has 0 aromatic rings. The van der Waals surface area contributed by atoms with Crippen LogP contribution in [0.15, 0.2) is 0 Å². The fourth-order valence-electron chi connectivity index (χ4n) is 0. The quantitative estimate of drug-likeness (QED) is 0.248. The Morgan fingerprint density at radius 3 is 2.12 bits per heavy atom. The highest BCUT2D eigenvalue weighted by atomic mass is 16.9. The number of hydrogen-bond donors (Lipinski definition) is 2. The van der Waals surface area contributed by atoms with Gasteiger partial charge in [0.25, 0.3) is 5.09 Å². The minimum atomic E-state index is -1.50. The van der Waals surface area contributed by atoms with Crippen LogP contribution < -0.4 is 5.73 Å². The maximum atomic E-state index is 8.36. The summed E-state index contributed by atoms with van der Waals surface area (Å²) in [6.45, 7) is 0.347. The summed E-state index contributed by atoms with van der Waals surface area (Å²) in [6, 6.07) is 0. The largest absolute Gasteiger partial charge is 0.328 e. The van der Waals surface area contributed by atoms with E-state index in [2.05, 4.69) is 12.3 Å². The molecule has 0 aromatic heterocycles. The Balaban J connectivity index is 0. The molecule has 0 fully saturated rings. The lowest BCUT2D eigenvalue weighted by Crippen LogP contribution is -1.91. The molecule has 46 valence electrons. The van der Waals surface area contributed by atoms with Crippen LogP contribution in [0.2, 0.25) is 0 Å². The molecule has 0 amide bonds. The van der Waals surface area contributed by atoms with Gasteiger partial charge in [-0.15, -0.1) is 16.5 Å². The summed E-state index contributed by atoms with van der Waals surface area (Å²) in [4.78, 5) is 8.36. The first kappa shape index (κ1) is 9.87. The molecule has 0 saturated heterocycles. The van der Waals surface area contributed by atoms with E-state index in [9.17, 15) is 0 Å². The van der Waals surface area contributed by atoms with Crippen LogP contribution in [0, 0.1) is 22.5 Å². The van der Waals surface area contributed by atoms with E-state index in [1.54, 1.807) is 0 Å². The minimum absolute atomic E-state index is 0.347. The average molecular weight is 118 g/mol. The Morgan fingerprint density at radius 2 is 2.12 bits per heavy atom. The first-order valence-corrected chi connectivity index (χ1v) is 1.62. The molecule has 0 atom stereocenters. The highest BCUT2D eigenvalue weighted by Crippen LogP contribution is 1.38. The van der Waals surface area contributed by atoms with Crippen molar-refractivity contribution < 1.29 is 10.3 Å². The lowest BCUT2D eigenvalue weighted by atomic mass is 10.7. The van der Waals surface area contributed by atoms with Gasteiger partial charge in [0.2, 0.25) is 0 Å². The Morgan fingerprint density at radius 1 is 2.00 bits per heavy atom. The number of hydrogen-bond acceptors (Lipinski definition) is 3. The summed E-state index contributed by atoms with van der Waals surface area (Å²) in [5, 5.41) is 13.6. The van der Waals surface area contributed by atoms with Crippen LogP contribution in [-0.2, 0) is 0 Å². The van der Waals surface area contributed by atoms with Crippen molar-refractivity contribution in [1.29, 1.82) is 0 Å². The second-order valence-corrected chi connectivity index (χ2v) is 0.646. The highest BCUT2D eigenvalue weighted by molar-refractivity contribution is 4.83. The van der Waals surface area contributed by atoms with Crippen molar-refractivity contribution in [3.8, 4) is 12.3 Å². The summed E-state index contributed by atoms with van der Waals surface area (Å²) in [6.07, 6.45) is 4.65. The van der Waals surface area contributed by atoms with E-state index in [-0.39, 0.29) is 0 Å². The first-order valence-electron chi connectivity index (χ1n) is 1.62. The molecular formula is C3H6N2O3. The van der Waals surface area contributed by atoms with Crippen molar-refractivity contribution in [3.05, 3.63) is 10.1 Å². The van der Waals surface area contributed by atoms with Crippen molar-refractivity contribution in [3.63, 3.8) is 0 Å². The number of nitrogens with two attached hydrogens (primary N) is 1. The van der Waals surface area contributed by atoms with Crippen LogP contribution in [0.3, 0.4) is 0 Å². The van der Waals surface area contributed by atoms with Gasteiger partial charge < -0.3 is 10.9 Å². The third kappa shape index (κ3) is 833. The second kappa shape index (κ2) is 9.21. The molecule has 0 aliphatic carbocycles. The molecule has 3 N–H and O–H groups in total.